The quantitative estimate of drug-likeness (QED) is 0.588. The highest BCUT2D eigenvalue weighted by molar-refractivity contribution is 5.22. The molecule has 1 saturated carbocycles. The molecule has 63 valence electrons. The standard InChI is InChI=1S/C12H15/c1-3-7-11(8-4-1)12-9-5-2-6-10-12/h1,3-4,7-9,12H,2,5-6,10H2/t12-/m0/s1. The van der Waals surface area contributed by atoms with E-state index < -0.39 is 0 Å². The summed E-state index contributed by atoms with van der Waals surface area (Å²) in [6.07, 6.45) is 7.92. The predicted molar refractivity (Wildman–Crippen MR) is 52.0 cm³/mol. The number of rotatable bonds is 1. The van der Waals surface area contributed by atoms with Crippen LogP contribution in [0, 0.1) is 6.42 Å². The van der Waals surface area contributed by atoms with Crippen LogP contribution in [0.1, 0.15) is 37.2 Å². The Kier molecular flexibility index (Phi) is 2.45. The van der Waals surface area contributed by atoms with Crippen molar-refractivity contribution in [2.24, 2.45) is 0 Å². The molecule has 1 aromatic rings. The van der Waals surface area contributed by atoms with Crippen molar-refractivity contribution in [2.75, 3.05) is 0 Å². The van der Waals surface area contributed by atoms with Gasteiger partial charge in [-0.2, -0.15) is 0 Å². The largest absolute Gasteiger partial charge is 0.0622 e. The van der Waals surface area contributed by atoms with Crippen molar-refractivity contribution >= 4 is 0 Å². The minimum Gasteiger partial charge on any atom is -0.0622 e. The molecule has 0 N–H and O–H groups in total. The van der Waals surface area contributed by atoms with Crippen LogP contribution in [0.25, 0.3) is 0 Å². The highest BCUT2D eigenvalue weighted by Crippen LogP contribution is 2.31. The van der Waals surface area contributed by atoms with Crippen molar-refractivity contribution in [1.82, 2.24) is 0 Å². The molecule has 0 spiro atoms. The van der Waals surface area contributed by atoms with Gasteiger partial charge in [-0.15, -0.1) is 0 Å². The Morgan fingerprint density at radius 3 is 2.50 bits per heavy atom. The van der Waals surface area contributed by atoms with Gasteiger partial charge in [0.25, 0.3) is 0 Å². The molecule has 1 aliphatic carbocycles. The Bertz CT molecular complexity index is 219. The monoisotopic (exact) mass is 159 g/mol. The molecule has 0 amide bonds. The third kappa shape index (κ3) is 1.69. The van der Waals surface area contributed by atoms with Crippen LogP contribution in [0.15, 0.2) is 30.3 Å². The van der Waals surface area contributed by atoms with Gasteiger partial charge in [-0.3, -0.25) is 0 Å². The summed E-state index contributed by atoms with van der Waals surface area (Å²) in [7, 11) is 0. The smallest absolute Gasteiger partial charge is 0.0131 e. The summed E-state index contributed by atoms with van der Waals surface area (Å²) in [5, 5.41) is 0. The molecule has 0 unspecified atom stereocenters. The summed E-state index contributed by atoms with van der Waals surface area (Å²) >= 11 is 0. The van der Waals surface area contributed by atoms with Crippen LogP contribution in [0.5, 0.6) is 0 Å². The number of hydrogen-bond donors (Lipinski definition) is 0. The summed E-state index contributed by atoms with van der Waals surface area (Å²) in [4.78, 5) is 0. The van der Waals surface area contributed by atoms with Gasteiger partial charge in [0.2, 0.25) is 0 Å². The zero-order chi connectivity index (χ0) is 8.23. The van der Waals surface area contributed by atoms with Crippen LogP contribution in [0.2, 0.25) is 0 Å². The van der Waals surface area contributed by atoms with Crippen molar-refractivity contribution in [3.8, 4) is 0 Å². The molecule has 1 fully saturated rings. The molecule has 0 aliphatic heterocycles. The molecule has 0 heterocycles. The second-order valence-corrected chi connectivity index (χ2v) is 3.54. The third-order valence-corrected chi connectivity index (χ3v) is 2.65. The maximum absolute atomic E-state index is 2.47. The number of benzene rings is 1. The van der Waals surface area contributed by atoms with E-state index in [0.29, 0.717) is 0 Å². The summed E-state index contributed by atoms with van der Waals surface area (Å²) in [5.74, 6) is 0.736. The summed E-state index contributed by atoms with van der Waals surface area (Å²) in [5.41, 5.74) is 1.50. The Balaban J connectivity index is 2.08. The molecule has 1 aliphatic rings. The SMILES string of the molecule is [CH]1CCCC[C@H]1c1ccccc1. The lowest BCUT2D eigenvalue weighted by atomic mass is 9.84. The van der Waals surface area contributed by atoms with E-state index in [2.05, 4.69) is 36.8 Å². The van der Waals surface area contributed by atoms with Gasteiger partial charge in [0.05, 0.1) is 0 Å². The van der Waals surface area contributed by atoms with E-state index in [1.54, 1.807) is 0 Å². The molecule has 1 aromatic carbocycles. The van der Waals surface area contributed by atoms with E-state index in [1.807, 2.05) is 0 Å². The van der Waals surface area contributed by atoms with Crippen molar-refractivity contribution < 1.29 is 0 Å². The summed E-state index contributed by atoms with van der Waals surface area (Å²) < 4.78 is 0. The lowest BCUT2D eigenvalue weighted by Gasteiger charge is -2.21. The summed E-state index contributed by atoms with van der Waals surface area (Å²) in [6, 6.07) is 10.8. The first-order valence-electron chi connectivity index (χ1n) is 4.85. The van der Waals surface area contributed by atoms with Crippen LogP contribution in [-0.4, -0.2) is 0 Å². The van der Waals surface area contributed by atoms with Gasteiger partial charge in [-0.05, 0) is 30.7 Å². The Hall–Kier alpha value is -0.780. The molecule has 0 heteroatoms. The Morgan fingerprint density at radius 2 is 1.83 bits per heavy atom. The van der Waals surface area contributed by atoms with Crippen LogP contribution < -0.4 is 0 Å². The third-order valence-electron chi connectivity index (χ3n) is 2.65. The first-order valence-corrected chi connectivity index (χ1v) is 4.85. The molecule has 2 rings (SSSR count). The molecule has 1 radical (unpaired) electrons. The second-order valence-electron chi connectivity index (χ2n) is 3.54. The molecule has 0 saturated heterocycles. The van der Waals surface area contributed by atoms with Crippen molar-refractivity contribution in [3.63, 3.8) is 0 Å². The second kappa shape index (κ2) is 3.75. The highest BCUT2D eigenvalue weighted by atomic mass is 14.2. The fourth-order valence-electron chi connectivity index (χ4n) is 1.95. The average molecular weight is 159 g/mol. The van der Waals surface area contributed by atoms with E-state index in [4.69, 9.17) is 0 Å². The van der Waals surface area contributed by atoms with Gasteiger partial charge in [0.15, 0.2) is 0 Å². The Morgan fingerprint density at radius 1 is 1.00 bits per heavy atom. The fraction of sp³-hybridized carbons (Fsp3) is 0.417. The van der Waals surface area contributed by atoms with Gasteiger partial charge in [-0.1, -0.05) is 43.2 Å². The lowest BCUT2D eigenvalue weighted by molar-refractivity contribution is 0.534. The molecule has 1 atom stereocenters. The van der Waals surface area contributed by atoms with E-state index >= 15 is 0 Å². The van der Waals surface area contributed by atoms with E-state index in [0.717, 1.165) is 5.92 Å². The molecular formula is C12H15. The molecule has 0 aromatic heterocycles. The normalized spacial score (nSPS) is 19.3. The van der Waals surface area contributed by atoms with Crippen LogP contribution >= 0.6 is 0 Å². The van der Waals surface area contributed by atoms with Crippen molar-refractivity contribution in [1.29, 1.82) is 0 Å². The first-order chi connectivity index (χ1) is 5.97. The van der Waals surface area contributed by atoms with Crippen molar-refractivity contribution in [3.05, 3.63) is 42.3 Å². The predicted octanol–water partition coefficient (Wildman–Crippen LogP) is 3.55. The highest BCUT2D eigenvalue weighted by Gasteiger charge is 2.14. The van der Waals surface area contributed by atoms with E-state index in [-0.39, 0.29) is 0 Å². The van der Waals surface area contributed by atoms with E-state index in [1.165, 1.54) is 31.2 Å². The number of hydrogen-bond acceptors (Lipinski definition) is 0. The minimum atomic E-state index is 0.736. The van der Waals surface area contributed by atoms with Gasteiger partial charge >= 0.3 is 0 Å². The van der Waals surface area contributed by atoms with Crippen LogP contribution in [0.4, 0.5) is 0 Å². The van der Waals surface area contributed by atoms with E-state index in [9.17, 15) is 0 Å². The average Bonchev–Trinajstić information content (AvgIpc) is 2.21. The molecule has 0 bridgehead atoms. The molecule has 12 heavy (non-hydrogen) atoms. The summed E-state index contributed by atoms with van der Waals surface area (Å²) in [6.45, 7) is 0. The van der Waals surface area contributed by atoms with Gasteiger partial charge in [0, 0.05) is 0 Å². The van der Waals surface area contributed by atoms with Crippen LogP contribution in [-0.2, 0) is 0 Å². The lowest BCUT2D eigenvalue weighted by Crippen LogP contribution is -2.04. The maximum Gasteiger partial charge on any atom is -0.0131 e. The first kappa shape index (κ1) is 7.85. The van der Waals surface area contributed by atoms with Crippen LogP contribution in [0.3, 0.4) is 0 Å². The zero-order valence-corrected chi connectivity index (χ0v) is 7.37. The maximum atomic E-state index is 2.47. The molecular weight excluding hydrogens is 144 g/mol. The van der Waals surface area contributed by atoms with Gasteiger partial charge in [-0.25, -0.2) is 0 Å². The van der Waals surface area contributed by atoms with Gasteiger partial charge in [0.1, 0.15) is 0 Å². The topological polar surface area (TPSA) is 0 Å². The Labute approximate surface area is 74.6 Å². The minimum absolute atomic E-state index is 0.736. The zero-order valence-electron chi connectivity index (χ0n) is 7.37. The van der Waals surface area contributed by atoms with Crippen molar-refractivity contribution in [2.45, 2.75) is 31.6 Å². The molecule has 0 nitrogen and oxygen atoms in total. The fourth-order valence-corrected chi connectivity index (χ4v) is 1.95. The van der Waals surface area contributed by atoms with Gasteiger partial charge < -0.3 is 0 Å².